The molecule has 1 saturated heterocycles. The van der Waals surface area contributed by atoms with Gasteiger partial charge < -0.3 is 10.1 Å². The first kappa shape index (κ1) is 13.7. The van der Waals surface area contributed by atoms with Crippen LogP contribution in [0.3, 0.4) is 0 Å². The lowest BCUT2D eigenvalue weighted by Gasteiger charge is -2.23. The first-order valence-electron chi connectivity index (χ1n) is 6.80. The SMILES string of the molecule is CCc1cc(CC2CCCNC2)cc(Cl)c1OC. The number of ether oxygens (including phenoxy) is 1. The van der Waals surface area contributed by atoms with Gasteiger partial charge in [0.25, 0.3) is 0 Å². The molecule has 0 spiro atoms. The van der Waals surface area contributed by atoms with Crippen molar-refractivity contribution in [2.45, 2.75) is 32.6 Å². The van der Waals surface area contributed by atoms with Gasteiger partial charge in [-0.2, -0.15) is 0 Å². The van der Waals surface area contributed by atoms with Gasteiger partial charge in [-0.25, -0.2) is 0 Å². The van der Waals surface area contributed by atoms with Gasteiger partial charge in [0.15, 0.2) is 0 Å². The molecule has 1 aliphatic rings. The van der Waals surface area contributed by atoms with Gasteiger partial charge in [0.2, 0.25) is 0 Å². The quantitative estimate of drug-likeness (QED) is 0.902. The van der Waals surface area contributed by atoms with Crippen LogP contribution in [-0.4, -0.2) is 20.2 Å². The van der Waals surface area contributed by atoms with Crippen LogP contribution in [0, 0.1) is 5.92 Å². The Morgan fingerprint density at radius 1 is 1.44 bits per heavy atom. The van der Waals surface area contributed by atoms with E-state index in [9.17, 15) is 0 Å². The van der Waals surface area contributed by atoms with Crippen molar-refractivity contribution in [3.05, 3.63) is 28.3 Å². The van der Waals surface area contributed by atoms with Gasteiger partial charge in [0.1, 0.15) is 5.75 Å². The molecule has 3 heteroatoms. The Hall–Kier alpha value is -0.730. The van der Waals surface area contributed by atoms with Crippen LogP contribution in [0.15, 0.2) is 12.1 Å². The first-order chi connectivity index (χ1) is 8.74. The summed E-state index contributed by atoms with van der Waals surface area (Å²) >= 11 is 6.29. The van der Waals surface area contributed by atoms with Crippen molar-refractivity contribution < 1.29 is 4.74 Å². The lowest BCUT2D eigenvalue weighted by Crippen LogP contribution is -2.30. The Morgan fingerprint density at radius 2 is 2.28 bits per heavy atom. The zero-order valence-corrected chi connectivity index (χ0v) is 12.0. The van der Waals surface area contributed by atoms with Crippen molar-refractivity contribution in [2.24, 2.45) is 5.92 Å². The number of methoxy groups -OCH3 is 1. The number of hydrogen-bond donors (Lipinski definition) is 1. The fourth-order valence-corrected chi connectivity index (χ4v) is 3.09. The third-order valence-electron chi connectivity index (χ3n) is 3.69. The van der Waals surface area contributed by atoms with Crippen molar-refractivity contribution in [3.63, 3.8) is 0 Å². The second kappa shape index (κ2) is 6.44. The number of piperidine rings is 1. The van der Waals surface area contributed by atoms with Gasteiger partial charge in [0, 0.05) is 0 Å². The predicted molar refractivity (Wildman–Crippen MR) is 76.7 cm³/mol. The van der Waals surface area contributed by atoms with Crippen LogP contribution < -0.4 is 10.1 Å². The summed E-state index contributed by atoms with van der Waals surface area (Å²) in [4.78, 5) is 0. The summed E-state index contributed by atoms with van der Waals surface area (Å²) in [6.07, 6.45) is 4.68. The molecule has 0 aromatic heterocycles. The summed E-state index contributed by atoms with van der Waals surface area (Å²) < 4.78 is 5.37. The first-order valence-corrected chi connectivity index (χ1v) is 7.18. The number of rotatable bonds is 4. The largest absolute Gasteiger partial charge is 0.495 e. The summed E-state index contributed by atoms with van der Waals surface area (Å²) in [5.41, 5.74) is 2.55. The van der Waals surface area contributed by atoms with Crippen molar-refractivity contribution in [3.8, 4) is 5.75 Å². The second-order valence-corrected chi connectivity index (χ2v) is 5.45. The normalized spacial score (nSPS) is 19.8. The van der Waals surface area contributed by atoms with Gasteiger partial charge in [0.05, 0.1) is 12.1 Å². The Kier molecular flexibility index (Phi) is 4.90. The molecule has 1 aromatic carbocycles. The second-order valence-electron chi connectivity index (χ2n) is 5.04. The van der Waals surface area contributed by atoms with Crippen LogP contribution in [-0.2, 0) is 12.8 Å². The summed E-state index contributed by atoms with van der Waals surface area (Å²) in [6, 6.07) is 4.31. The molecule has 0 bridgehead atoms. The Bertz CT molecular complexity index is 400. The Labute approximate surface area is 115 Å². The molecule has 1 unspecified atom stereocenters. The predicted octanol–water partition coefficient (Wildman–Crippen LogP) is 3.45. The van der Waals surface area contributed by atoms with Crippen molar-refractivity contribution in [1.29, 1.82) is 0 Å². The molecule has 18 heavy (non-hydrogen) atoms. The van der Waals surface area contributed by atoms with E-state index in [1.54, 1.807) is 7.11 Å². The van der Waals surface area contributed by atoms with Gasteiger partial charge in [-0.15, -0.1) is 0 Å². The molecule has 1 aromatic rings. The molecule has 0 radical (unpaired) electrons. The van der Waals surface area contributed by atoms with E-state index in [1.165, 1.54) is 30.5 Å². The third-order valence-corrected chi connectivity index (χ3v) is 3.97. The molecule has 1 fully saturated rings. The van der Waals surface area contributed by atoms with Gasteiger partial charge in [-0.1, -0.05) is 24.6 Å². The molecule has 100 valence electrons. The highest BCUT2D eigenvalue weighted by Crippen LogP contribution is 2.31. The molecule has 1 heterocycles. The summed E-state index contributed by atoms with van der Waals surface area (Å²) in [6.45, 7) is 4.44. The lowest BCUT2D eigenvalue weighted by atomic mass is 9.91. The third kappa shape index (κ3) is 3.18. The molecule has 0 saturated carbocycles. The lowest BCUT2D eigenvalue weighted by molar-refractivity contribution is 0.375. The van der Waals surface area contributed by atoms with Crippen LogP contribution in [0.4, 0.5) is 0 Å². The maximum atomic E-state index is 6.29. The molecule has 0 aliphatic carbocycles. The standard InChI is InChI=1S/C15H22ClNO/c1-3-13-8-12(9-14(16)15(13)18-2)7-11-5-4-6-17-10-11/h8-9,11,17H,3-7,10H2,1-2H3. The van der Waals surface area contributed by atoms with Crippen molar-refractivity contribution in [2.75, 3.05) is 20.2 Å². The fraction of sp³-hybridized carbons (Fsp3) is 0.600. The van der Waals surface area contributed by atoms with E-state index in [4.69, 9.17) is 16.3 Å². The van der Waals surface area contributed by atoms with Crippen LogP contribution in [0.5, 0.6) is 5.75 Å². The summed E-state index contributed by atoms with van der Waals surface area (Å²) in [5, 5.41) is 4.21. The number of nitrogens with one attached hydrogen (secondary N) is 1. The topological polar surface area (TPSA) is 21.3 Å². The minimum absolute atomic E-state index is 0.743. The van der Waals surface area contributed by atoms with E-state index in [2.05, 4.69) is 24.4 Å². The zero-order valence-electron chi connectivity index (χ0n) is 11.3. The Balaban J connectivity index is 2.15. The minimum atomic E-state index is 0.743. The fourth-order valence-electron chi connectivity index (χ4n) is 2.75. The number of aryl methyl sites for hydroxylation is 1. The van der Waals surface area contributed by atoms with Crippen LogP contribution >= 0.6 is 11.6 Å². The molecule has 2 rings (SSSR count). The molecular weight excluding hydrogens is 246 g/mol. The molecular formula is C15H22ClNO. The monoisotopic (exact) mass is 267 g/mol. The zero-order chi connectivity index (χ0) is 13.0. The number of hydrogen-bond acceptors (Lipinski definition) is 2. The van der Waals surface area contributed by atoms with Gasteiger partial charge >= 0.3 is 0 Å². The van der Waals surface area contributed by atoms with E-state index in [0.717, 1.165) is 36.1 Å². The van der Waals surface area contributed by atoms with Crippen molar-refractivity contribution >= 4 is 11.6 Å². The van der Waals surface area contributed by atoms with E-state index in [-0.39, 0.29) is 0 Å². The molecule has 1 aliphatic heterocycles. The van der Waals surface area contributed by atoms with E-state index in [0.29, 0.717) is 0 Å². The summed E-state index contributed by atoms with van der Waals surface area (Å²) in [7, 11) is 1.69. The smallest absolute Gasteiger partial charge is 0.140 e. The highest BCUT2D eigenvalue weighted by atomic mass is 35.5. The van der Waals surface area contributed by atoms with E-state index in [1.807, 2.05) is 0 Å². The highest BCUT2D eigenvalue weighted by Gasteiger charge is 2.15. The maximum absolute atomic E-state index is 6.29. The van der Waals surface area contributed by atoms with E-state index < -0.39 is 0 Å². The van der Waals surface area contributed by atoms with Gasteiger partial charge in [-0.3, -0.25) is 0 Å². The van der Waals surface area contributed by atoms with E-state index >= 15 is 0 Å². The molecule has 0 amide bonds. The van der Waals surface area contributed by atoms with Gasteiger partial charge in [-0.05, 0) is 61.9 Å². The summed E-state index contributed by atoms with van der Waals surface area (Å²) in [5.74, 6) is 1.58. The molecule has 2 nitrogen and oxygen atoms in total. The molecule has 1 N–H and O–H groups in total. The van der Waals surface area contributed by atoms with Crippen LogP contribution in [0.2, 0.25) is 5.02 Å². The van der Waals surface area contributed by atoms with Crippen LogP contribution in [0.1, 0.15) is 30.9 Å². The van der Waals surface area contributed by atoms with Crippen molar-refractivity contribution in [1.82, 2.24) is 5.32 Å². The number of benzene rings is 1. The average molecular weight is 268 g/mol. The minimum Gasteiger partial charge on any atom is -0.495 e. The highest BCUT2D eigenvalue weighted by molar-refractivity contribution is 6.32. The molecule has 1 atom stereocenters. The number of halogens is 1. The van der Waals surface area contributed by atoms with Crippen LogP contribution in [0.25, 0.3) is 0 Å². The average Bonchev–Trinajstić information content (AvgIpc) is 2.39. The Morgan fingerprint density at radius 3 is 2.89 bits per heavy atom. The maximum Gasteiger partial charge on any atom is 0.140 e.